The van der Waals surface area contributed by atoms with Crippen LogP contribution in [-0.4, -0.2) is 64.6 Å². The number of likely N-dealkylation sites (tertiary alicyclic amines) is 1. The second-order valence-corrected chi connectivity index (χ2v) is 9.10. The molecule has 0 bridgehead atoms. The quantitative estimate of drug-likeness (QED) is 0.472. The Kier molecular flexibility index (Phi) is 7.14. The van der Waals surface area contributed by atoms with E-state index < -0.39 is 18.0 Å². The summed E-state index contributed by atoms with van der Waals surface area (Å²) in [6, 6.07) is 9.16. The van der Waals surface area contributed by atoms with Crippen LogP contribution in [0.2, 0.25) is 0 Å². The largest absolute Gasteiger partial charge is 0.481 e. The van der Waals surface area contributed by atoms with E-state index in [0.717, 1.165) is 0 Å². The van der Waals surface area contributed by atoms with Crippen molar-refractivity contribution in [3.8, 4) is 17.1 Å². The number of benzene rings is 1. The molecule has 2 aliphatic heterocycles. The zero-order valence-corrected chi connectivity index (χ0v) is 20.9. The number of nitrogens with one attached hydrogen (secondary N) is 1. The summed E-state index contributed by atoms with van der Waals surface area (Å²) in [5, 5.41) is 0. The molecule has 1 saturated heterocycles. The molecule has 3 N–H and O–H groups in total. The summed E-state index contributed by atoms with van der Waals surface area (Å²) in [7, 11) is 1.51. The van der Waals surface area contributed by atoms with Crippen LogP contribution in [0, 0.1) is 12.7 Å². The Hall–Kier alpha value is -4.19. The molecule has 0 spiro atoms. The highest BCUT2D eigenvalue weighted by Crippen LogP contribution is 2.36. The normalized spacial score (nSPS) is 18.6. The van der Waals surface area contributed by atoms with Gasteiger partial charge in [0.2, 0.25) is 11.8 Å². The van der Waals surface area contributed by atoms with Crippen LogP contribution >= 0.6 is 0 Å². The van der Waals surface area contributed by atoms with Crippen LogP contribution in [0.3, 0.4) is 0 Å². The van der Waals surface area contributed by atoms with Crippen molar-refractivity contribution < 1.29 is 23.1 Å². The van der Waals surface area contributed by atoms with Gasteiger partial charge in [0.25, 0.3) is 5.91 Å². The van der Waals surface area contributed by atoms with E-state index in [1.165, 1.54) is 24.1 Å². The molecule has 3 aromatic rings. The van der Waals surface area contributed by atoms with Crippen molar-refractivity contribution >= 4 is 17.7 Å². The van der Waals surface area contributed by atoms with Crippen molar-refractivity contribution in [2.24, 2.45) is 4.99 Å². The summed E-state index contributed by atoms with van der Waals surface area (Å²) >= 11 is 0. The smallest absolute Gasteiger partial charge is 0.251 e. The Labute approximate surface area is 217 Å². The van der Waals surface area contributed by atoms with Gasteiger partial charge in [0.05, 0.1) is 42.3 Å². The summed E-state index contributed by atoms with van der Waals surface area (Å²) in [6.07, 6.45) is -0.334. The number of amidine groups is 1. The Bertz CT molecular complexity index is 1400. The number of aliphatic imine (C=N–C) groups is 1. The molecule has 5 rings (SSSR count). The molecular formula is C26H27F2N7O3. The summed E-state index contributed by atoms with van der Waals surface area (Å²) in [6.45, 7) is 1.88. The van der Waals surface area contributed by atoms with Crippen molar-refractivity contribution in [2.75, 3.05) is 32.5 Å². The fourth-order valence-electron chi connectivity index (χ4n) is 4.74. The van der Waals surface area contributed by atoms with E-state index in [2.05, 4.69) is 20.4 Å². The lowest BCUT2D eigenvalue weighted by atomic mass is 9.91. The number of nitrogens with zero attached hydrogens (tertiary/aromatic N) is 5. The van der Waals surface area contributed by atoms with Crippen LogP contribution in [-0.2, 0) is 16.1 Å². The predicted molar refractivity (Wildman–Crippen MR) is 136 cm³/mol. The number of hydroxylamine groups is 1. The van der Waals surface area contributed by atoms with E-state index in [1.54, 1.807) is 31.2 Å². The molecule has 198 valence electrons. The maximum absolute atomic E-state index is 14.4. The third-order valence-electron chi connectivity index (χ3n) is 6.52. The van der Waals surface area contributed by atoms with E-state index in [-0.39, 0.29) is 25.0 Å². The standard InChI is InChI=1S/C26H27F2N7O3/c1-14-24-21(33-26(29)30-14)11-20(32-25(24)34-38-13-23(36)35-9-8-16(28)12-35)17-7-6-15(27)10-18(17)19-4-3-5-22(31-19)37-2/h3-7,10,16,20H,8-9,11-13H2,1-2H3,(H,32,34)(H2,29,30,33)/t16-,20+/m0/s1. The first kappa shape index (κ1) is 25.5. The number of nitrogen functional groups attached to an aromatic ring is 1. The molecule has 0 unspecified atom stereocenters. The summed E-state index contributed by atoms with van der Waals surface area (Å²) in [5.74, 6) is 0.0552. The number of fused-ring (bicyclic) bond motifs is 1. The fraction of sp³-hybridized carbons (Fsp3) is 0.346. The zero-order chi connectivity index (χ0) is 26.8. The van der Waals surface area contributed by atoms with E-state index >= 15 is 0 Å². The number of carbonyl (C=O) groups is 1. The number of anilines is 1. The van der Waals surface area contributed by atoms with Gasteiger partial charge in [0.1, 0.15) is 12.0 Å². The number of pyridine rings is 1. The Morgan fingerprint density at radius 3 is 2.84 bits per heavy atom. The lowest BCUT2D eigenvalue weighted by Crippen LogP contribution is -2.37. The third kappa shape index (κ3) is 5.25. The average molecular weight is 524 g/mol. The van der Waals surface area contributed by atoms with Gasteiger partial charge in [-0.1, -0.05) is 12.1 Å². The van der Waals surface area contributed by atoms with Crippen LogP contribution in [0.5, 0.6) is 5.88 Å². The number of carbonyl (C=O) groups excluding carboxylic acids is 1. The first-order chi connectivity index (χ1) is 18.3. The highest BCUT2D eigenvalue weighted by atomic mass is 19.1. The predicted octanol–water partition coefficient (Wildman–Crippen LogP) is 2.71. The highest BCUT2D eigenvalue weighted by molar-refractivity contribution is 6.01. The number of amides is 1. The molecule has 0 saturated carbocycles. The number of rotatable bonds is 6. The van der Waals surface area contributed by atoms with Gasteiger partial charge >= 0.3 is 0 Å². The van der Waals surface area contributed by atoms with Crippen molar-refractivity contribution in [2.45, 2.75) is 32.0 Å². The van der Waals surface area contributed by atoms with Gasteiger partial charge in [0, 0.05) is 24.6 Å². The molecule has 12 heteroatoms. The minimum atomic E-state index is -1.02. The lowest BCUT2D eigenvalue weighted by Gasteiger charge is -2.26. The number of methoxy groups -OCH3 is 1. The lowest BCUT2D eigenvalue weighted by molar-refractivity contribution is -0.136. The molecule has 2 aromatic heterocycles. The van der Waals surface area contributed by atoms with Gasteiger partial charge in [-0.3, -0.25) is 14.6 Å². The minimum absolute atomic E-state index is 0.0614. The van der Waals surface area contributed by atoms with Gasteiger partial charge in [-0.15, -0.1) is 0 Å². The summed E-state index contributed by atoms with van der Waals surface area (Å²) in [5.41, 5.74) is 12.3. The number of alkyl halides is 1. The van der Waals surface area contributed by atoms with Crippen LogP contribution in [0.4, 0.5) is 14.7 Å². The molecule has 2 atom stereocenters. The second kappa shape index (κ2) is 10.7. The van der Waals surface area contributed by atoms with Crippen LogP contribution in [0.1, 0.15) is 35.0 Å². The fourth-order valence-corrected chi connectivity index (χ4v) is 4.74. The molecule has 1 fully saturated rings. The van der Waals surface area contributed by atoms with Crippen molar-refractivity contribution in [1.82, 2.24) is 25.3 Å². The van der Waals surface area contributed by atoms with E-state index in [9.17, 15) is 13.6 Å². The average Bonchev–Trinajstić information content (AvgIpc) is 3.34. The van der Waals surface area contributed by atoms with Gasteiger partial charge in [-0.05, 0) is 37.1 Å². The van der Waals surface area contributed by atoms with Crippen molar-refractivity contribution in [1.29, 1.82) is 0 Å². The summed E-state index contributed by atoms with van der Waals surface area (Å²) in [4.78, 5) is 37.3. The van der Waals surface area contributed by atoms with E-state index in [1.807, 2.05) is 0 Å². The monoisotopic (exact) mass is 523 g/mol. The maximum atomic E-state index is 14.4. The highest BCUT2D eigenvalue weighted by Gasteiger charge is 2.30. The molecular weight excluding hydrogens is 496 g/mol. The molecule has 10 nitrogen and oxygen atoms in total. The molecule has 4 heterocycles. The van der Waals surface area contributed by atoms with E-state index in [4.69, 9.17) is 20.3 Å². The number of hydrogen-bond donors (Lipinski definition) is 2. The molecule has 1 aromatic carbocycles. The molecule has 38 heavy (non-hydrogen) atoms. The van der Waals surface area contributed by atoms with Crippen LogP contribution < -0.4 is 16.0 Å². The van der Waals surface area contributed by atoms with Crippen molar-refractivity contribution in [3.05, 3.63) is 64.7 Å². The topological polar surface area (TPSA) is 128 Å². The van der Waals surface area contributed by atoms with Gasteiger partial charge < -0.3 is 15.4 Å². The Morgan fingerprint density at radius 1 is 1.24 bits per heavy atom. The number of aromatic nitrogens is 3. The van der Waals surface area contributed by atoms with Crippen LogP contribution in [0.25, 0.3) is 11.3 Å². The molecule has 0 radical (unpaired) electrons. The number of halogens is 2. The maximum Gasteiger partial charge on any atom is 0.251 e. The summed E-state index contributed by atoms with van der Waals surface area (Å²) < 4.78 is 33.1. The first-order valence-corrected chi connectivity index (χ1v) is 12.1. The van der Waals surface area contributed by atoms with Gasteiger partial charge in [-0.2, -0.15) is 0 Å². The number of hydrogen-bond acceptors (Lipinski definition) is 9. The van der Waals surface area contributed by atoms with E-state index in [0.29, 0.717) is 64.9 Å². The molecule has 0 aliphatic carbocycles. The molecule has 1 amide bonds. The van der Waals surface area contributed by atoms with Crippen molar-refractivity contribution in [3.63, 3.8) is 0 Å². The number of aryl methyl sites for hydroxylation is 1. The van der Waals surface area contributed by atoms with Crippen LogP contribution in [0.15, 0.2) is 41.4 Å². The Morgan fingerprint density at radius 2 is 2.08 bits per heavy atom. The number of ether oxygens (including phenoxy) is 1. The second-order valence-electron chi connectivity index (χ2n) is 9.10. The molecule has 2 aliphatic rings. The number of nitrogens with two attached hydrogens (primary N) is 1. The van der Waals surface area contributed by atoms with Gasteiger partial charge in [0.15, 0.2) is 12.4 Å². The third-order valence-corrected chi connectivity index (χ3v) is 6.52. The zero-order valence-electron chi connectivity index (χ0n) is 20.9. The first-order valence-electron chi connectivity index (χ1n) is 12.1. The SMILES string of the molecule is COc1cccc(-c2cc(F)ccc2[C@H]2Cc3nc(N)nc(C)c3C(NOCC(=O)N3CC[C@H](F)C3)=N2)n1. The van der Waals surface area contributed by atoms with Gasteiger partial charge in [-0.25, -0.2) is 29.2 Å². The minimum Gasteiger partial charge on any atom is -0.481 e. The Balaban J connectivity index is 1.47.